The monoisotopic (exact) mass is 818 g/mol. The van der Waals surface area contributed by atoms with E-state index in [1.54, 1.807) is 28.8 Å². The van der Waals surface area contributed by atoms with E-state index in [0.717, 1.165) is 66.6 Å². The number of carbonyl (C=O) groups excluding carboxylic acids is 1. The van der Waals surface area contributed by atoms with Crippen LogP contribution in [0.3, 0.4) is 0 Å². The molecule has 0 fully saturated rings. The van der Waals surface area contributed by atoms with E-state index < -0.39 is 5.97 Å². The molecule has 0 bridgehead atoms. The molecule has 1 atom stereocenters. The predicted octanol–water partition coefficient (Wildman–Crippen LogP) is 9.98. The van der Waals surface area contributed by atoms with Gasteiger partial charge in [-0.25, -0.2) is 4.79 Å². The molecule has 8 rings (SSSR count). The lowest BCUT2D eigenvalue weighted by Gasteiger charge is -2.34. The first-order valence-electron chi connectivity index (χ1n) is 19.2. The van der Waals surface area contributed by atoms with E-state index in [-0.39, 0.29) is 30.8 Å². The summed E-state index contributed by atoms with van der Waals surface area (Å²) in [4.78, 5) is 34.5. The SMILES string of the molecule is Cc1cc(OCCCc2c3n(c4c(-c5c(C)nn(C)c5C)c(Cl)ccc24)[C@H](C)CN(c2c(C(=O)O)n(C)c4ccc(OCc5ccccn5)cc24)C3=O)cc(C)c1Cl. The Labute approximate surface area is 346 Å². The van der Waals surface area contributed by atoms with Crippen molar-refractivity contribution in [2.24, 2.45) is 14.1 Å². The molecule has 1 aliphatic heterocycles. The number of carbonyl (C=O) groups is 2. The molecule has 0 radical (unpaired) electrons. The Kier molecular flexibility index (Phi) is 10.2. The van der Waals surface area contributed by atoms with Crippen LogP contribution in [0.4, 0.5) is 5.69 Å². The number of aromatic nitrogens is 5. The van der Waals surface area contributed by atoms with Crippen LogP contribution < -0.4 is 14.4 Å². The smallest absolute Gasteiger partial charge is 0.354 e. The second-order valence-corrected chi connectivity index (χ2v) is 15.9. The Morgan fingerprint density at radius 2 is 1.69 bits per heavy atom. The van der Waals surface area contributed by atoms with Crippen LogP contribution in [0.15, 0.2) is 66.9 Å². The van der Waals surface area contributed by atoms with Gasteiger partial charge in [-0.2, -0.15) is 5.10 Å². The number of carboxylic acids is 1. The topological polar surface area (TPSA) is 117 Å². The van der Waals surface area contributed by atoms with Gasteiger partial charge in [-0.3, -0.25) is 14.5 Å². The average molecular weight is 820 g/mol. The lowest BCUT2D eigenvalue weighted by Crippen LogP contribution is -2.43. The van der Waals surface area contributed by atoms with Crippen LogP contribution in [0.1, 0.15) is 74.1 Å². The summed E-state index contributed by atoms with van der Waals surface area (Å²) in [5, 5.41) is 18.2. The molecule has 1 aliphatic rings. The van der Waals surface area contributed by atoms with Gasteiger partial charge in [0, 0.05) is 65.5 Å². The van der Waals surface area contributed by atoms with Gasteiger partial charge in [-0.1, -0.05) is 35.3 Å². The van der Waals surface area contributed by atoms with Crippen LogP contribution in [-0.4, -0.2) is 54.0 Å². The molecule has 7 aromatic rings. The van der Waals surface area contributed by atoms with Gasteiger partial charge in [0.25, 0.3) is 5.91 Å². The predicted molar refractivity (Wildman–Crippen MR) is 228 cm³/mol. The second-order valence-electron chi connectivity index (χ2n) is 15.1. The van der Waals surface area contributed by atoms with E-state index in [9.17, 15) is 9.90 Å². The number of aryl methyl sites for hydroxylation is 6. The van der Waals surface area contributed by atoms with Crippen molar-refractivity contribution in [3.8, 4) is 22.6 Å². The molecular weight excluding hydrogens is 775 g/mol. The average Bonchev–Trinajstić information content (AvgIpc) is 3.78. The summed E-state index contributed by atoms with van der Waals surface area (Å²) in [6.07, 6.45) is 2.82. The minimum absolute atomic E-state index is 0.0100. The highest BCUT2D eigenvalue weighted by Crippen LogP contribution is 2.46. The van der Waals surface area contributed by atoms with Gasteiger partial charge in [-0.15, -0.1) is 0 Å². The number of amides is 1. The molecule has 0 saturated carbocycles. The van der Waals surface area contributed by atoms with Gasteiger partial charge in [0.15, 0.2) is 5.69 Å². The van der Waals surface area contributed by atoms with Crippen molar-refractivity contribution in [3.63, 3.8) is 0 Å². The standard InChI is InChI=1S/C45H44Cl2N6O5/c1-24-19-31(20-25(2)39(24)47)57-18-10-12-32-33-14-15-35(46)38(37-27(4)49-51(7)28(37)5)40(33)53-26(3)22-52(44(54)42(32)53)41-34-21-30(58-23-29-11-8-9-17-48-29)13-16-36(34)50(6)43(41)45(55)56/h8-9,11,13-17,19-21,26H,10,12,18,22-23H2,1-7H3,(H,55,56)/t26-/m1/s1. The molecule has 58 heavy (non-hydrogen) atoms. The number of anilines is 1. The zero-order valence-corrected chi connectivity index (χ0v) is 35.0. The first kappa shape index (κ1) is 39.1. The molecule has 0 aliphatic carbocycles. The fraction of sp³-hybridized carbons (Fsp3) is 0.289. The van der Waals surface area contributed by atoms with E-state index in [0.29, 0.717) is 52.5 Å². The molecule has 0 saturated heterocycles. The Hall–Kier alpha value is -5.78. The van der Waals surface area contributed by atoms with Gasteiger partial charge in [-0.05, 0) is 113 Å². The normalized spacial score (nSPS) is 14.1. The molecule has 13 heteroatoms. The summed E-state index contributed by atoms with van der Waals surface area (Å²) in [5.74, 6) is -0.179. The number of nitrogens with zero attached hydrogens (tertiary/aromatic N) is 6. The largest absolute Gasteiger partial charge is 0.494 e. The number of halogens is 2. The third-order valence-electron chi connectivity index (χ3n) is 11.3. The molecule has 0 unspecified atom stereocenters. The minimum Gasteiger partial charge on any atom is -0.494 e. The molecule has 1 amide bonds. The van der Waals surface area contributed by atoms with Crippen molar-refractivity contribution < 1.29 is 24.2 Å². The number of benzene rings is 3. The van der Waals surface area contributed by atoms with E-state index in [2.05, 4.69) is 16.5 Å². The fourth-order valence-electron chi connectivity index (χ4n) is 8.57. The number of hydrogen-bond acceptors (Lipinski definition) is 6. The summed E-state index contributed by atoms with van der Waals surface area (Å²) < 4.78 is 18.0. The maximum atomic E-state index is 15.4. The number of pyridine rings is 1. The first-order valence-corrected chi connectivity index (χ1v) is 20.0. The zero-order valence-electron chi connectivity index (χ0n) is 33.5. The third-order valence-corrected chi connectivity index (χ3v) is 12.2. The van der Waals surface area contributed by atoms with Gasteiger partial charge >= 0.3 is 5.97 Å². The van der Waals surface area contributed by atoms with Crippen LogP contribution in [0.2, 0.25) is 10.0 Å². The summed E-state index contributed by atoms with van der Waals surface area (Å²) >= 11 is 13.6. The zero-order chi connectivity index (χ0) is 41.2. The number of aromatic carboxylic acids is 1. The van der Waals surface area contributed by atoms with Crippen molar-refractivity contribution >= 4 is 62.6 Å². The van der Waals surface area contributed by atoms with Crippen molar-refractivity contribution in [2.75, 3.05) is 18.1 Å². The molecule has 11 nitrogen and oxygen atoms in total. The van der Waals surface area contributed by atoms with Gasteiger partial charge in [0.05, 0.1) is 39.7 Å². The highest BCUT2D eigenvalue weighted by atomic mass is 35.5. The van der Waals surface area contributed by atoms with E-state index in [1.807, 2.05) is 94.0 Å². The highest BCUT2D eigenvalue weighted by Gasteiger charge is 2.39. The lowest BCUT2D eigenvalue weighted by molar-refractivity contribution is 0.0687. The summed E-state index contributed by atoms with van der Waals surface area (Å²) in [5.41, 5.74) is 9.32. The molecule has 3 aromatic carbocycles. The number of fused-ring (bicyclic) bond motifs is 4. The number of ether oxygens (including phenoxy) is 2. The Balaban J connectivity index is 1.27. The molecule has 4 aromatic heterocycles. The van der Waals surface area contributed by atoms with Gasteiger partial charge in [0.1, 0.15) is 23.8 Å². The van der Waals surface area contributed by atoms with Gasteiger partial charge in [0.2, 0.25) is 0 Å². The van der Waals surface area contributed by atoms with Crippen molar-refractivity contribution in [2.45, 2.75) is 60.1 Å². The van der Waals surface area contributed by atoms with E-state index in [1.165, 1.54) is 0 Å². The van der Waals surface area contributed by atoms with Crippen LogP contribution in [0, 0.1) is 27.7 Å². The van der Waals surface area contributed by atoms with Crippen molar-refractivity contribution in [1.82, 2.24) is 23.9 Å². The highest BCUT2D eigenvalue weighted by molar-refractivity contribution is 6.35. The molecule has 298 valence electrons. The molecular formula is C45H44Cl2N6O5. The molecule has 5 heterocycles. The summed E-state index contributed by atoms with van der Waals surface area (Å²) in [6.45, 7) is 10.8. The van der Waals surface area contributed by atoms with Crippen LogP contribution in [0.5, 0.6) is 11.5 Å². The Morgan fingerprint density at radius 3 is 2.36 bits per heavy atom. The lowest BCUT2D eigenvalue weighted by atomic mass is 9.98. The van der Waals surface area contributed by atoms with Crippen LogP contribution in [-0.2, 0) is 27.1 Å². The Morgan fingerprint density at radius 1 is 0.931 bits per heavy atom. The van der Waals surface area contributed by atoms with E-state index >= 15 is 4.79 Å². The maximum Gasteiger partial charge on any atom is 0.354 e. The van der Waals surface area contributed by atoms with Crippen LogP contribution in [0.25, 0.3) is 32.9 Å². The number of rotatable bonds is 11. The number of carboxylic acid groups (broad SMARTS) is 1. The van der Waals surface area contributed by atoms with Crippen LogP contribution >= 0.6 is 23.2 Å². The third kappa shape index (κ3) is 6.56. The van der Waals surface area contributed by atoms with E-state index in [4.69, 9.17) is 37.8 Å². The first-order chi connectivity index (χ1) is 27.8. The summed E-state index contributed by atoms with van der Waals surface area (Å²) in [6, 6.07) is 18.5. The Bertz CT molecular complexity index is 2760. The van der Waals surface area contributed by atoms with Crippen molar-refractivity contribution in [1.29, 1.82) is 0 Å². The number of hydrogen-bond donors (Lipinski definition) is 1. The summed E-state index contributed by atoms with van der Waals surface area (Å²) in [7, 11) is 3.62. The van der Waals surface area contributed by atoms with Crippen molar-refractivity contribution in [3.05, 3.63) is 122 Å². The second kappa shape index (κ2) is 15.2. The minimum atomic E-state index is -1.14. The molecule has 0 spiro atoms. The quantitative estimate of drug-likeness (QED) is 0.129. The fourth-order valence-corrected chi connectivity index (χ4v) is 8.93. The van der Waals surface area contributed by atoms with Gasteiger partial charge < -0.3 is 28.6 Å². The maximum absolute atomic E-state index is 15.4. The molecule has 1 N–H and O–H groups in total.